The molecule has 1 N–H and O–H groups in total. The Hall–Kier alpha value is -0.880. The summed E-state index contributed by atoms with van der Waals surface area (Å²) in [7, 11) is -1.04. The van der Waals surface area contributed by atoms with Crippen LogP contribution in [0.2, 0.25) is 0 Å². The van der Waals surface area contributed by atoms with Crippen molar-refractivity contribution in [2.75, 3.05) is 18.6 Å². The van der Waals surface area contributed by atoms with Gasteiger partial charge in [0, 0.05) is 24.1 Å². The normalized spacial score (nSPS) is 11.9. The van der Waals surface area contributed by atoms with Crippen molar-refractivity contribution < 1.29 is 8.42 Å². The van der Waals surface area contributed by atoms with Gasteiger partial charge in [0.1, 0.15) is 0 Å². The lowest BCUT2D eigenvalue weighted by Crippen LogP contribution is -2.15. The molecule has 0 radical (unpaired) electrons. The maximum Gasteiger partial charge on any atom is 0.151 e. The summed E-state index contributed by atoms with van der Waals surface area (Å²) in [6.45, 7) is 4.78. The highest BCUT2D eigenvalue weighted by Crippen LogP contribution is 2.05. The minimum Gasteiger partial charge on any atom is -0.316 e. The lowest BCUT2D eigenvalue weighted by molar-refractivity contribution is 0.581. The summed E-state index contributed by atoms with van der Waals surface area (Å²) in [5.74, 6) is 0.347. The summed E-state index contributed by atoms with van der Waals surface area (Å²) in [5, 5.41) is 7.33. The average molecular weight is 245 g/mol. The molecule has 16 heavy (non-hydrogen) atoms. The van der Waals surface area contributed by atoms with Gasteiger partial charge in [-0.1, -0.05) is 6.92 Å². The molecule has 0 amide bonds. The summed E-state index contributed by atoms with van der Waals surface area (Å²) < 4.78 is 24.4. The van der Waals surface area contributed by atoms with E-state index in [0.29, 0.717) is 6.54 Å². The quantitative estimate of drug-likeness (QED) is 0.785. The van der Waals surface area contributed by atoms with E-state index in [1.807, 2.05) is 20.2 Å². The van der Waals surface area contributed by atoms with E-state index >= 15 is 0 Å². The van der Waals surface area contributed by atoms with Gasteiger partial charge in [-0.25, -0.2) is 8.42 Å². The third kappa shape index (κ3) is 3.61. The second-order valence-corrected chi connectivity index (χ2v) is 6.24. The molecule has 0 aliphatic carbocycles. The Bertz CT molecular complexity index is 437. The number of aryl methyl sites for hydroxylation is 2. The van der Waals surface area contributed by atoms with E-state index in [1.165, 1.54) is 0 Å². The predicted octanol–water partition coefficient (Wildman–Crippen LogP) is 0.346. The SMILES string of the molecule is CCS(=O)(=O)CCn1cc(CNC)c(C)n1. The molecule has 0 aliphatic heterocycles. The number of nitrogens with zero attached hydrogens (tertiary/aromatic N) is 2. The standard InChI is InChI=1S/C10H19N3O2S/c1-4-16(14,15)6-5-13-8-10(7-11-3)9(2)12-13/h8,11H,4-7H2,1-3H3. The van der Waals surface area contributed by atoms with Gasteiger partial charge in [-0.15, -0.1) is 0 Å². The van der Waals surface area contributed by atoms with E-state index in [2.05, 4.69) is 10.4 Å². The second-order valence-electron chi connectivity index (χ2n) is 3.77. The molecule has 1 aromatic heterocycles. The molecule has 0 spiro atoms. The van der Waals surface area contributed by atoms with Gasteiger partial charge in [-0.3, -0.25) is 4.68 Å². The van der Waals surface area contributed by atoms with E-state index in [1.54, 1.807) is 11.6 Å². The number of hydrogen-bond donors (Lipinski definition) is 1. The molecule has 92 valence electrons. The van der Waals surface area contributed by atoms with E-state index in [-0.39, 0.29) is 11.5 Å². The van der Waals surface area contributed by atoms with Crippen molar-refractivity contribution in [1.29, 1.82) is 0 Å². The third-order valence-electron chi connectivity index (χ3n) is 2.49. The van der Waals surface area contributed by atoms with Gasteiger partial charge in [0.15, 0.2) is 9.84 Å². The first-order chi connectivity index (χ1) is 7.48. The number of hydrogen-bond acceptors (Lipinski definition) is 4. The zero-order chi connectivity index (χ0) is 12.2. The van der Waals surface area contributed by atoms with Gasteiger partial charge >= 0.3 is 0 Å². The van der Waals surface area contributed by atoms with Gasteiger partial charge in [-0.2, -0.15) is 5.10 Å². The molecule has 1 heterocycles. The Morgan fingerprint density at radius 2 is 2.19 bits per heavy atom. The van der Waals surface area contributed by atoms with E-state index < -0.39 is 9.84 Å². The van der Waals surface area contributed by atoms with Crippen LogP contribution in [0.1, 0.15) is 18.2 Å². The minimum atomic E-state index is -2.91. The van der Waals surface area contributed by atoms with Gasteiger partial charge in [0.2, 0.25) is 0 Å². The first-order valence-electron chi connectivity index (χ1n) is 5.36. The van der Waals surface area contributed by atoms with Crippen LogP contribution in [0.15, 0.2) is 6.20 Å². The van der Waals surface area contributed by atoms with E-state index in [0.717, 1.165) is 17.8 Å². The molecule has 0 bridgehead atoms. The third-order valence-corrected chi connectivity index (χ3v) is 4.17. The van der Waals surface area contributed by atoms with Crippen molar-refractivity contribution in [3.05, 3.63) is 17.5 Å². The maximum atomic E-state index is 11.3. The fourth-order valence-corrected chi connectivity index (χ4v) is 2.17. The van der Waals surface area contributed by atoms with Crippen LogP contribution in [0.3, 0.4) is 0 Å². The molecule has 0 unspecified atom stereocenters. The van der Waals surface area contributed by atoms with E-state index in [9.17, 15) is 8.42 Å². The summed E-state index contributed by atoms with van der Waals surface area (Å²) in [6.07, 6.45) is 1.90. The Kier molecular flexibility index (Phi) is 4.49. The van der Waals surface area contributed by atoms with E-state index in [4.69, 9.17) is 0 Å². The van der Waals surface area contributed by atoms with Crippen LogP contribution in [0.25, 0.3) is 0 Å². The Balaban J connectivity index is 2.65. The highest BCUT2D eigenvalue weighted by Gasteiger charge is 2.09. The monoisotopic (exact) mass is 245 g/mol. The molecule has 0 fully saturated rings. The molecule has 0 aliphatic rings. The molecule has 6 heteroatoms. The molecular formula is C10H19N3O2S. The van der Waals surface area contributed by atoms with Crippen molar-refractivity contribution >= 4 is 9.84 Å². The van der Waals surface area contributed by atoms with Crippen molar-refractivity contribution in [2.45, 2.75) is 26.9 Å². The van der Waals surface area contributed by atoms with Crippen LogP contribution in [-0.4, -0.2) is 36.8 Å². The molecule has 0 saturated carbocycles. The first kappa shape index (κ1) is 13.2. The number of nitrogens with one attached hydrogen (secondary N) is 1. The van der Waals surface area contributed by atoms with Crippen molar-refractivity contribution in [3.8, 4) is 0 Å². The zero-order valence-electron chi connectivity index (χ0n) is 10.0. The smallest absolute Gasteiger partial charge is 0.151 e. The molecule has 5 nitrogen and oxygen atoms in total. The van der Waals surface area contributed by atoms with Gasteiger partial charge in [0.05, 0.1) is 18.0 Å². The minimum absolute atomic E-state index is 0.156. The summed E-state index contributed by atoms with van der Waals surface area (Å²) in [4.78, 5) is 0. The number of rotatable bonds is 6. The molecule has 0 atom stereocenters. The largest absolute Gasteiger partial charge is 0.316 e. The van der Waals surface area contributed by atoms with Crippen LogP contribution in [-0.2, 0) is 22.9 Å². The fraction of sp³-hybridized carbons (Fsp3) is 0.700. The lowest BCUT2D eigenvalue weighted by atomic mass is 10.3. The molecule has 1 rings (SSSR count). The van der Waals surface area contributed by atoms with Gasteiger partial charge < -0.3 is 5.32 Å². The summed E-state index contributed by atoms with van der Waals surface area (Å²) in [6, 6.07) is 0. The molecule has 0 saturated heterocycles. The van der Waals surface area contributed by atoms with Crippen molar-refractivity contribution in [1.82, 2.24) is 15.1 Å². The topological polar surface area (TPSA) is 64.0 Å². The predicted molar refractivity (Wildman–Crippen MR) is 64.1 cm³/mol. The average Bonchev–Trinajstić information content (AvgIpc) is 2.58. The summed E-state index contributed by atoms with van der Waals surface area (Å²) in [5.41, 5.74) is 2.06. The van der Waals surface area contributed by atoms with Gasteiger partial charge in [-0.05, 0) is 14.0 Å². The number of aromatic nitrogens is 2. The highest BCUT2D eigenvalue weighted by molar-refractivity contribution is 7.91. The molecule has 1 aromatic rings. The Morgan fingerprint density at radius 3 is 2.75 bits per heavy atom. The summed E-state index contributed by atoms with van der Waals surface area (Å²) >= 11 is 0. The first-order valence-corrected chi connectivity index (χ1v) is 7.18. The highest BCUT2D eigenvalue weighted by atomic mass is 32.2. The second kappa shape index (κ2) is 5.45. The van der Waals surface area contributed by atoms with Crippen LogP contribution in [0.4, 0.5) is 0 Å². The van der Waals surface area contributed by atoms with Crippen molar-refractivity contribution in [2.24, 2.45) is 0 Å². The Labute approximate surface area is 96.8 Å². The number of sulfone groups is 1. The van der Waals surface area contributed by atoms with Gasteiger partial charge in [0.25, 0.3) is 0 Å². The molecule has 0 aromatic carbocycles. The zero-order valence-corrected chi connectivity index (χ0v) is 10.8. The molecular weight excluding hydrogens is 226 g/mol. The van der Waals surface area contributed by atoms with Crippen LogP contribution in [0.5, 0.6) is 0 Å². The lowest BCUT2D eigenvalue weighted by Gasteiger charge is -2.01. The fourth-order valence-electron chi connectivity index (χ4n) is 1.41. The van der Waals surface area contributed by atoms with Crippen LogP contribution < -0.4 is 5.32 Å². The van der Waals surface area contributed by atoms with Crippen molar-refractivity contribution in [3.63, 3.8) is 0 Å². The maximum absolute atomic E-state index is 11.3. The van der Waals surface area contributed by atoms with Crippen LogP contribution in [0, 0.1) is 6.92 Å². The Morgan fingerprint density at radius 1 is 1.50 bits per heavy atom. The van der Waals surface area contributed by atoms with Crippen LogP contribution >= 0.6 is 0 Å².